The summed E-state index contributed by atoms with van der Waals surface area (Å²) in [6.07, 6.45) is 0.320. The summed E-state index contributed by atoms with van der Waals surface area (Å²) in [6.45, 7) is 3.20. The lowest BCUT2D eigenvalue weighted by Crippen LogP contribution is -2.56. The molecule has 4 nitrogen and oxygen atoms in total. The number of hydrogen-bond acceptors (Lipinski definition) is 3. The molecule has 0 aliphatic carbocycles. The van der Waals surface area contributed by atoms with Crippen molar-refractivity contribution < 1.29 is 14.6 Å². The van der Waals surface area contributed by atoms with Crippen LogP contribution in [0.4, 0.5) is 0 Å². The van der Waals surface area contributed by atoms with E-state index in [2.05, 4.69) is 0 Å². The van der Waals surface area contributed by atoms with Crippen molar-refractivity contribution in [2.75, 3.05) is 13.1 Å². The summed E-state index contributed by atoms with van der Waals surface area (Å²) in [5.41, 5.74) is 1.89. The molecule has 5 heteroatoms. The molecule has 1 heterocycles. The Hall–Kier alpha value is -2.20. The van der Waals surface area contributed by atoms with Gasteiger partial charge in [-0.1, -0.05) is 35.9 Å². The molecule has 1 aliphatic heterocycles. The van der Waals surface area contributed by atoms with Crippen molar-refractivity contribution in [2.24, 2.45) is 0 Å². The number of halogens is 1. The van der Waals surface area contributed by atoms with Gasteiger partial charge in [0.15, 0.2) is 0 Å². The van der Waals surface area contributed by atoms with Crippen LogP contribution in [0.5, 0.6) is 11.5 Å². The number of benzene rings is 2. The summed E-state index contributed by atoms with van der Waals surface area (Å²) in [5, 5.41) is 9.66. The van der Waals surface area contributed by atoms with E-state index in [-0.39, 0.29) is 29.2 Å². The number of likely N-dealkylation sites (tertiary alicyclic amines) is 1. The van der Waals surface area contributed by atoms with E-state index >= 15 is 0 Å². The minimum Gasteiger partial charge on any atom is -0.506 e. The number of rotatable bonds is 4. The van der Waals surface area contributed by atoms with E-state index in [1.165, 1.54) is 6.07 Å². The van der Waals surface area contributed by atoms with Gasteiger partial charge < -0.3 is 14.7 Å². The van der Waals surface area contributed by atoms with E-state index in [0.717, 1.165) is 16.9 Å². The van der Waals surface area contributed by atoms with Gasteiger partial charge in [-0.15, -0.1) is 0 Å². The Morgan fingerprint density at radius 3 is 2.74 bits per heavy atom. The third kappa shape index (κ3) is 3.59. The Labute approximate surface area is 140 Å². The highest BCUT2D eigenvalue weighted by Gasteiger charge is 2.32. The Morgan fingerprint density at radius 1 is 1.30 bits per heavy atom. The molecule has 1 saturated heterocycles. The van der Waals surface area contributed by atoms with Crippen LogP contribution in [0.3, 0.4) is 0 Å². The van der Waals surface area contributed by atoms with E-state index in [1.54, 1.807) is 17.0 Å². The summed E-state index contributed by atoms with van der Waals surface area (Å²) >= 11 is 5.86. The van der Waals surface area contributed by atoms with Crippen molar-refractivity contribution in [1.82, 2.24) is 4.90 Å². The maximum atomic E-state index is 12.2. The number of carbonyl (C=O) groups is 1. The van der Waals surface area contributed by atoms with Crippen LogP contribution in [0.2, 0.25) is 5.02 Å². The summed E-state index contributed by atoms with van der Waals surface area (Å²) in [5.74, 6) is 0.935. The Morgan fingerprint density at radius 2 is 2.04 bits per heavy atom. The molecule has 0 saturated carbocycles. The second kappa shape index (κ2) is 6.50. The van der Waals surface area contributed by atoms with Crippen LogP contribution >= 0.6 is 11.6 Å². The van der Waals surface area contributed by atoms with Gasteiger partial charge in [-0.2, -0.15) is 0 Å². The number of phenolic OH excluding ortho intramolecular Hbond substituents is 1. The number of aromatic hydroxyl groups is 1. The molecular formula is C18H18ClNO3. The van der Waals surface area contributed by atoms with Gasteiger partial charge in [-0.05, 0) is 36.2 Å². The second-order valence-electron chi connectivity index (χ2n) is 5.77. The summed E-state index contributed by atoms with van der Waals surface area (Å²) in [6, 6.07) is 12.7. The topological polar surface area (TPSA) is 49.8 Å². The smallest absolute Gasteiger partial charge is 0.227 e. The maximum absolute atomic E-state index is 12.2. The third-order valence-corrected chi connectivity index (χ3v) is 4.26. The monoisotopic (exact) mass is 331 g/mol. The summed E-state index contributed by atoms with van der Waals surface area (Å²) < 4.78 is 5.90. The molecule has 2 aromatic carbocycles. The molecule has 0 bridgehead atoms. The summed E-state index contributed by atoms with van der Waals surface area (Å²) in [4.78, 5) is 14.0. The van der Waals surface area contributed by atoms with E-state index < -0.39 is 0 Å². The normalized spacial score (nSPS) is 14.4. The van der Waals surface area contributed by atoms with Crippen LogP contribution in [-0.2, 0) is 11.2 Å². The highest BCUT2D eigenvalue weighted by Crippen LogP contribution is 2.25. The van der Waals surface area contributed by atoms with Crippen molar-refractivity contribution >= 4 is 17.5 Å². The molecule has 120 valence electrons. The Bertz CT molecular complexity index is 726. The van der Waals surface area contributed by atoms with Crippen LogP contribution < -0.4 is 4.74 Å². The van der Waals surface area contributed by atoms with Crippen molar-refractivity contribution in [3.63, 3.8) is 0 Å². The van der Waals surface area contributed by atoms with Crippen LogP contribution in [0, 0.1) is 6.92 Å². The van der Waals surface area contributed by atoms with E-state index in [0.29, 0.717) is 13.1 Å². The first-order valence-electron chi connectivity index (χ1n) is 7.50. The molecular weight excluding hydrogens is 314 g/mol. The van der Waals surface area contributed by atoms with Crippen molar-refractivity contribution in [2.45, 2.75) is 19.4 Å². The fourth-order valence-electron chi connectivity index (χ4n) is 2.53. The van der Waals surface area contributed by atoms with Gasteiger partial charge >= 0.3 is 0 Å². The molecule has 1 amide bonds. The lowest BCUT2D eigenvalue weighted by Gasteiger charge is -2.39. The number of phenols is 1. The van der Waals surface area contributed by atoms with Crippen molar-refractivity contribution in [1.29, 1.82) is 0 Å². The van der Waals surface area contributed by atoms with Gasteiger partial charge in [-0.25, -0.2) is 0 Å². The van der Waals surface area contributed by atoms with Crippen LogP contribution in [0.1, 0.15) is 11.1 Å². The van der Waals surface area contributed by atoms with E-state index in [4.69, 9.17) is 16.3 Å². The van der Waals surface area contributed by atoms with E-state index in [1.807, 2.05) is 31.2 Å². The SMILES string of the molecule is Cc1ccccc1OC1CN(C(=O)Cc2ccc(O)c(Cl)c2)C1. The van der Waals surface area contributed by atoms with Gasteiger partial charge in [0, 0.05) is 0 Å². The molecule has 1 fully saturated rings. The molecule has 23 heavy (non-hydrogen) atoms. The number of hydrogen-bond donors (Lipinski definition) is 1. The number of para-hydroxylation sites is 1. The summed E-state index contributed by atoms with van der Waals surface area (Å²) in [7, 11) is 0. The van der Waals surface area contributed by atoms with Crippen LogP contribution in [0.15, 0.2) is 42.5 Å². The molecule has 1 N–H and O–H groups in total. The number of nitrogens with zero attached hydrogens (tertiary/aromatic N) is 1. The molecule has 3 rings (SSSR count). The fraction of sp³-hybridized carbons (Fsp3) is 0.278. The maximum Gasteiger partial charge on any atom is 0.227 e. The lowest BCUT2D eigenvalue weighted by atomic mass is 10.1. The Kier molecular flexibility index (Phi) is 4.44. The second-order valence-corrected chi connectivity index (χ2v) is 6.17. The zero-order chi connectivity index (χ0) is 16.4. The van der Waals surface area contributed by atoms with Crippen molar-refractivity contribution in [3.8, 4) is 11.5 Å². The molecule has 0 radical (unpaired) electrons. The number of ether oxygens (including phenoxy) is 1. The minimum atomic E-state index is 0.0264. The number of amides is 1. The predicted octanol–water partition coefficient (Wildman–Crippen LogP) is 3.19. The predicted molar refractivity (Wildman–Crippen MR) is 89.0 cm³/mol. The van der Waals surface area contributed by atoms with Crippen LogP contribution in [-0.4, -0.2) is 35.1 Å². The largest absolute Gasteiger partial charge is 0.506 e. The first kappa shape index (κ1) is 15.7. The van der Waals surface area contributed by atoms with Gasteiger partial charge in [0.2, 0.25) is 5.91 Å². The minimum absolute atomic E-state index is 0.0264. The molecule has 0 aromatic heterocycles. The first-order chi connectivity index (χ1) is 11.0. The van der Waals surface area contributed by atoms with Gasteiger partial charge in [0.05, 0.1) is 24.5 Å². The quantitative estimate of drug-likeness (QED) is 0.936. The fourth-order valence-corrected chi connectivity index (χ4v) is 2.73. The zero-order valence-corrected chi connectivity index (χ0v) is 13.6. The Balaban J connectivity index is 1.52. The van der Waals surface area contributed by atoms with Gasteiger partial charge in [0.1, 0.15) is 17.6 Å². The highest BCUT2D eigenvalue weighted by atomic mass is 35.5. The van der Waals surface area contributed by atoms with E-state index in [9.17, 15) is 9.90 Å². The van der Waals surface area contributed by atoms with Crippen LogP contribution in [0.25, 0.3) is 0 Å². The van der Waals surface area contributed by atoms with Gasteiger partial charge in [-0.3, -0.25) is 4.79 Å². The molecule has 0 atom stereocenters. The molecule has 1 aliphatic rings. The zero-order valence-electron chi connectivity index (χ0n) is 12.8. The average Bonchev–Trinajstić information content (AvgIpc) is 2.48. The number of aryl methyl sites for hydroxylation is 1. The number of carbonyl (C=O) groups excluding carboxylic acids is 1. The third-order valence-electron chi connectivity index (χ3n) is 3.96. The van der Waals surface area contributed by atoms with Crippen molar-refractivity contribution in [3.05, 3.63) is 58.6 Å². The van der Waals surface area contributed by atoms with Gasteiger partial charge in [0.25, 0.3) is 0 Å². The highest BCUT2D eigenvalue weighted by molar-refractivity contribution is 6.32. The molecule has 2 aromatic rings. The average molecular weight is 332 g/mol. The molecule has 0 unspecified atom stereocenters. The lowest BCUT2D eigenvalue weighted by molar-refractivity contribution is -0.139. The first-order valence-corrected chi connectivity index (χ1v) is 7.88. The standard InChI is InChI=1S/C18H18ClNO3/c1-12-4-2-3-5-17(12)23-14-10-20(11-14)18(22)9-13-6-7-16(21)15(19)8-13/h2-8,14,21H,9-11H2,1H3. The molecule has 0 spiro atoms.